The number of aliphatic carboxylic acids is 1. The number of rotatable bonds is 8. The van der Waals surface area contributed by atoms with Crippen LogP contribution in [0.2, 0.25) is 0 Å². The van der Waals surface area contributed by atoms with E-state index in [9.17, 15) is 35.4 Å². The molecule has 0 aromatic rings. The predicted molar refractivity (Wildman–Crippen MR) is 106 cm³/mol. The van der Waals surface area contributed by atoms with Gasteiger partial charge < -0.3 is 59.4 Å². The van der Waals surface area contributed by atoms with Crippen LogP contribution in [0.5, 0.6) is 0 Å². The number of carbonyl (C=O) groups is 1. The van der Waals surface area contributed by atoms with Crippen LogP contribution in [0.25, 0.3) is 0 Å². The van der Waals surface area contributed by atoms with Crippen LogP contribution < -0.4 is 0 Å². The summed E-state index contributed by atoms with van der Waals surface area (Å²) in [7, 11) is 0. The summed E-state index contributed by atoms with van der Waals surface area (Å²) in [5.41, 5.74) is 0. The molecule has 13 heteroatoms. The van der Waals surface area contributed by atoms with Gasteiger partial charge in [-0.25, -0.2) is 4.79 Å². The van der Waals surface area contributed by atoms with Gasteiger partial charge in [0.1, 0.15) is 49.3 Å². The van der Waals surface area contributed by atoms with E-state index in [1.54, 1.807) is 0 Å². The standard InChI is InChI=1S/C20H34O13/c1-8-13(24)15(26)16(27)19(30-8)31-9-4-2-3-5-10(9)32-20-17(28)18(29-7-12(22)23)14(25)11(6-21)33-20/h8-11,13-21,24-28H,2-7H2,1H3,(H,22,23)/t8?,9-,10-,11?,13-,14+,15?,16?,17?,18?,19+,20-/m1/s1. The van der Waals surface area contributed by atoms with Crippen molar-refractivity contribution in [3.8, 4) is 0 Å². The zero-order valence-corrected chi connectivity index (χ0v) is 18.3. The second-order valence-electron chi connectivity index (χ2n) is 8.69. The van der Waals surface area contributed by atoms with Crippen LogP contribution in [0.3, 0.4) is 0 Å². The number of carboxylic acids is 1. The molecule has 0 bridgehead atoms. The molecule has 13 nitrogen and oxygen atoms in total. The lowest BCUT2D eigenvalue weighted by Gasteiger charge is -2.45. The third kappa shape index (κ3) is 6.18. The Morgan fingerprint density at radius 3 is 1.97 bits per heavy atom. The Labute approximate surface area is 190 Å². The topological polar surface area (TPSA) is 205 Å². The minimum absolute atomic E-state index is 0.494. The lowest BCUT2D eigenvalue weighted by molar-refractivity contribution is -0.343. The molecule has 1 saturated carbocycles. The average Bonchev–Trinajstić information content (AvgIpc) is 2.78. The Hall–Kier alpha value is -0.970. The second-order valence-corrected chi connectivity index (χ2v) is 8.69. The Morgan fingerprint density at radius 2 is 1.42 bits per heavy atom. The molecular weight excluding hydrogens is 448 g/mol. The van der Waals surface area contributed by atoms with Crippen molar-refractivity contribution in [3.63, 3.8) is 0 Å². The molecule has 3 aliphatic rings. The number of ether oxygens (including phenoxy) is 5. The van der Waals surface area contributed by atoms with Crippen molar-refractivity contribution in [1.82, 2.24) is 0 Å². The summed E-state index contributed by atoms with van der Waals surface area (Å²) in [5.74, 6) is -1.30. The first-order valence-electron chi connectivity index (χ1n) is 11.1. The van der Waals surface area contributed by atoms with Gasteiger partial charge in [-0.3, -0.25) is 0 Å². The maximum absolute atomic E-state index is 10.8. The van der Waals surface area contributed by atoms with Gasteiger partial charge in [-0.15, -0.1) is 0 Å². The number of aliphatic hydroxyl groups excluding tert-OH is 6. The summed E-state index contributed by atoms with van der Waals surface area (Å²) in [6.45, 7) is 0.141. The molecule has 2 heterocycles. The zero-order valence-electron chi connectivity index (χ0n) is 18.3. The van der Waals surface area contributed by atoms with Crippen molar-refractivity contribution in [2.24, 2.45) is 0 Å². The van der Waals surface area contributed by atoms with E-state index >= 15 is 0 Å². The summed E-state index contributed by atoms with van der Waals surface area (Å²) in [6.07, 6.45) is -11.9. The number of carboxylic acid groups (broad SMARTS) is 1. The van der Waals surface area contributed by atoms with Gasteiger partial charge in [-0.1, -0.05) is 12.8 Å². The molecule has 0 spiro atoms. The number of hydrogen-bond donors (Lipinski definition) is 7. The molecule has 12 atom stereocenters. The van der Waals surface area contributed by atoms with Gasteiger partial charge >= 0.3 is 5.97 Å². The highest BCUT2D eigenvalue weighted by Crippen LogP contribution is 2.32. The first-order chi connectivity index (χ1) is 15.6. The van der Waals surface area contributed by atoms with Crippen LogP contribution in [-0.4, -0.2) is 129 Å². The summed E-state index contributed by atoms with van der Waals surface area (Å²) in [4.78, 5) is 10.8. The van der Waals surface area contributed by atoms with Gasteiger partial charge in [0.05, 0.1) is 24.9 Å². The van der Waals surface area contributed by atoms with E-state index < -0.39 is 92.8 Å². The molecule has 192 valence electrons. The van der Waals surface area contributed by atoms with Gasteiger partial charge in [-0.2, -0.15) is 0 Å². The molecule has 0 aromatic heterocycles. The maximum Gasteiger partial charge on any atom is 0.329 e. The first-order valence-corrected chi connectivity index (χ1v) is 11.1. The molecule has 3 fully saturated rings. The van der Waals surface area contributed by atoms with Crippen LogP contribution in [0.4, 0.5) is 0 Å². The zero-order chi connectivity index (χ0) is 24.3. The Kier molecular flexibility index (Phi) is 9.39. The molecule has 2 aliphatic heterocycles. The van der Waals surface area contributed by atoms with Crippen molar-refractivity contribution in [3.05, 3.63) is 0 Å². The Morgan fingerprint density at radius 1 is 0.848 bits per heavy atom. The summed E-state index contributed by atoms with van der Waals surface area (Å²) >= 11 is 0. The average molecular weight is 482 g/mol. The fraction of sp³-hybridized carbons (Fsp3) is 0.950. The normalized spacial score (nSPS) is 46.8. The molecule has 7 N–H and O–H groups in total. The molecule has 2 saturated heterocycles. The minimum Gasteiger partial charge on any atom is -0.480 e. The van der Waals surface area contributed by atoms with E-state index in [2.05, 4.69) is 0 Å². The van der Waals surface area contributed by atoms with E-state index in [4.69, 9.17) is 28.8 Å². The molecular formula is C20H34O13. The highest BCUT2D eigenvalue weighted by Gasteiger charge is 2.48. The van der Waals surface area contributed by atoms with Gasteiger partial charge in [0.15, 0.2) is 12.6 Å². The van der Waals surface area contributed by atoms with Crippen molar-refractivity contribution in [2.75, 3.05) is 13.2 Å². The Balaban J connectivity index is 1.68. The third-order valence-corrected chi connectivity index (χ3v) is 6.29. The van der Waals surface area contributed by atoms with Crippen LogP contribution in [0.1, 0.15) is 32.6 Å². The maximum atomic E-state index is 10.8. The van der Waals surface area contributed by atoms with Gasteiger partial charge in [0, 0.05) is 0 Å². The van der Waals surface area contributed by atoms with Crippen LogP contribution in [-0.2, 0) is 28.5 Å². The van der Waals surface area contributed by atoms with E-state index in [0.717, 1.165) is 12.8 Å². The summed E-state index contributed by atoms with van der Waals surface area (Å²) < 4.78 is 27.9. The van der Waals surface area contributed by atoms with Crippen LogP contribution in [0, 0.1) is 0 Å². The van der Waals surface area contributed by atoms with Crippen LogP contribution in [0.15, 0.2) is 0 Å². The van der Waals surface area contributed by atoms with Gasteiger partial charge in [0.2, 0.25) is 0 Å². The van der Waals surface area contributed by atoms with Gasteiger partial charge in [0.25, 0.3) is 0 Å². The predicted octanol–water partition coefficient (Wildman–Crippen LogP) is -2.93. The summed E-state index contributed by atoms with van der Waals surface area (Å²) in [6, 6.07) is 0. The second kappa shape index (κ2) is 11.6. The first kappa shape index (κ1) is 26.6. The monoisotopic (exact) mass is 482 g/mol. The van der Waals surface area contributed by atoms with E-state index in [1.807, 2.05) is 0 Å². The highest BCUT2D eigenvalue weighted by atomic mass is 16.7. The largest absolute Gasteiger partial charge is 0.480 e. The van der Waals surface area contributed by atoms with Gasteiger partial charge in [-0.05, 0) is 19.8 Å². The quantitative estimate of drug-likeness (QED) is 0.185. The summed E-state index contributed by atoms with van der Waals surface area (Å²) in [5, 5.41) is 69.4. The van der Waals surface area contributed by atoms with Crippen molar-refractivity contribution < 1.29 is 64.2 Å². The molecule has 33 heavy (non-hydrogen) atoms. The van der Waals surface area contributed by atoms with E-state index in [1.165, 1.54) is 6.92 Å². The molecule has 0 aromatic carbocycles. The molecule has 6 unspecified atom stereocenters. The number of hydrogen-bond acceptors (Lipinski definition) is 12. The SMILES string of the molecule is CC1O[C@@H](O[C@@H]2CCCC[C@H]2O[C@@H]2OC(CO)[C@H](O)C(OCC(=O)O)C2O)C(O)C(O)[C@@H]1O. The van der Waals surface area contributed by atoms with Crippen molar-refractivity contribution in [1.29, 1.82) is 0 Å². The lowest BCUT2D eigenvalue weighted by Crippen LogP contribution is -2.62. The van der Waals surface area contributed by atoms with Crippen LogP contribution >= 0.6 is 0 Å². The fourth-order valence-corrected chi connectivity index (χ4v) is 4.37. The number of aliphatic hydroxyl groups is 6. The third-order valence-electron chi connectivity index (χ3n) is 6.29. The van der Waals surface area contributed by atoms with Crippen molar-refractivity contribution >= 4 is 5.97 Å². The van der Waals surface area contributed by atoms with E-state index in [-0.39, 0.29) is 0 Å². The molecule has 0 radical (unpaired) electrons. The lowest BCUT2D eigenvalue weighted by atomic mass is 9.93. The molecule has 3 rings (SSSR count). The molecule has 1 aliphatic carbocycles. The van der Waals surface area contributed by atoms with Crippen molar-refractivity contribution in [2.45, 2.75) is 106 Å². The Bertz CT molecular complexity index is 635. The fourth-order valence-electron chi connectivity index (χ4n) is 4.37. The van der Waals surface area contributed by atoms with E-state index in [0.29, 0.717) is 12.8 Å². The molecule has 0 amide bonds. The smallest absolute Gasteiger partial charge is 0.329 e. The highest BCUT2D eigenvalue weighted by molar-refractivity contribution is 5.68. The minimum atomic E-state index is -1.56.